The fourth-order valence-electron chi connectivity index (χ4n) is 2.80. The minimum absolute atomic E-state index is 0.133. The number of piperidine rings is 1. The highest BCUT2D eigenvalue weighted by Crippen LogP contribution is 2.17. The summed E-state index contributed by atoms with van der Waals surface area (Å²) in [7, 11) is 0. The van der Waals surface area contributed by atoms with Crippen LogP contribution in [0, 0.1) is 11.8 Å². The van der Waals surface area contributed by atoms with Crippen molar-refractivity contribution in [2.75, 3.05) is 26.2 Å². The summed E-state index contributed by atoms with van der Waals surface area (Å²) in [6.07, 6.45) is 2.18. The molecule has 0 aromatic heterocycles. The Morgan fingerprint density at radius 1 is 1.43 bits per heavy atom. The van der Waals surface area contributed by atoms with E-state index in [-0.39, 0.29) is 18.5 Å². The number of benzene rings is 1. The van der Waals surface area contributed by atoms with Crippen LogP contribution in [0.4, 0.5) is 0 Å². The maximum Gasteiger partial charge on any atom is 0.310 e. The summed E-state index contributed by atoms with van der Waals surface area (Å²) in [6.45, 7) is 5.09. The first kappa shape index (κ1) is 16.0. The molecule has 0 spiro atoms. The number of hydrogen-bond acceptors (Lipinski definition) is 4. The second-order valence-electron chi connectivity index (χ2n) is 5.94. The Kier molecular flexibility index (Phi) is 6.21. The van der Waals surface area contributed by atoms with Gasteiger partial charge in [0.1, 0.15) is 6.61 Å². The largest absolute Gasteiger partial charge is 0.461 e. The van der Waals surface area contributed by atoms with Crippen LogP contribution in [0.2, 0.25) is 0 Å². The molecule has 2 rings (SSSR count). The first-order valence-corrected chi connectivity index (χ1v) is 7.73. The van der Waals surface area contributed by atoms with Crippen LogP contribution in [0.5, 0.6) is 0 Å². The van der Waals surface area contributed by atoms with E-state index in [1.165, 1.54) is 0 Å². The molecule has 4 heteroatoms. The molecule has 1 aromatic rings. The average molecular weight is 291 g/mol. The van der Waals surface area contributed by atoms with Gasteiger partial charge in [0.25, 0.3) is 0 Å². The molecular formula is C17H25NO3. The predicted molar refractivity (Wildman–Crippen MR) is 81.7 cm³/mol. The Hall–Kier alpha value is -1.39. The standard InChI is InChI=1S/C17H25NO3/c1-14(10-18-9-5-8-16(11-18)12-19)17(20)21-13-15-6-3-2-4-7-15/h2-4,6-7,14,16,19H,5,8-13H2,1H3. The Balaban J connectivity index is 1.74. The molecule has 0 saturated carbocycles. The molecule has 1 aliphatic rings. The van der Waals surface area contributed by atoms with Gasteiger partial charge in [-0.05, 0) is 30.9 Å². The van der Waals surface area contributed by atoms with Crippen molar-refractivity contribution in [1.82, 2.24) is 4.90 Å². The van der Waals surface area contributed by atoms with E-state index < -0.39 is 0 Å². The number of nitrogens with zero attached hydrogens (tertiary/aromatic N) is 1. The van der Waals surface area contributed by atoms with Gasteiger partial charge >= 0.3 is 5.97 Å². The van der Waals surface area contributed by atoms with E-state index in [2.05, 4.69) is 4.90 Å². The lowest BCUT2D eigenvalue weighted by Crippen LogP contribution is -2.40. The molecule has 1 fully saturated rings. The highest BCUT2D eigenvalue weighted by molar-refractivity contribution is 5.72. The van der Waals surface area contributed by atoms with Gasteiger partial charge in [0, 0.05) is 19.7 Å². The molecule has 0 bridgehead atoms. The van der Waals surface area contributed by atoms with Gasteiger partial charge in [0.15, 0.2) is 0 Å². The lowest BCUT2D eigenvalue weighted by Gasteiger charge is -2.33. The number of aliphatic hydroxyl groups is 1. The summed E-state index contributed by atoms with van der Waals surface area (Å²) in [5.74, 6) is 0.0717. The highest BCUT2D eigenvalue weighted by Gasteiger charge is 2.23. The topological polar surface area (TPSA) is 49.8 Å². The van der Waals surface area contributed by atoms with Crippen LogP contribution < -0.4 is 0 Å². The summed E-state index contributed by atoms with van der Waals surface area (Å²) < 4.78 is 5.37. The van der Waals surface area contributed by atoms with Gasteiger partial charge in [0.05, 0.1) is 5.92 Å². The lowest BCUT2D eigenvalue weighted by atomic mass is 9.98. The third kappa shape index (κ3) is 5.14. The Morgan fingerprint density at radius 3 is 2.90 bits per heavy atom. The van der Waals surface area contributed by atoms with Crippen LogP contribution in [0.3, 0.4) is 0 Å². The van der Waals surface area contributed by atoms with Crippen molar-refractivity contribution in [2.45, 2.75) is 26.4 Å². The Labute approximate surface area is 126 Å². The number of carbonyl (C=O) groups is 1. The van der Waals surface area contributed by atoms with Crippen LogP contribution in [0.15, 0.2) is 30.3 Å². The van der Waals surface area contributed by atoms with Gasteiger partial charge in [-0.15, -0.1) is 0 Å². The number of aliphatic hydroxyl groups excluding tert-OH is 1. The molecule has 0 amide bonds. The van der Waals surface area contributed by atoms with E-state index >= 15 is 0 Å². The van der Waals surface area contributed by atoms with Crippen molar-refractivity contribution in [1.29, 1.82) is 0 Å². The highest BCUT2D eigenvalue weighted by atomic mass is 16.5. The minimum atomic E-state index is -0.148. The van der Waals surface area contributed by atoms with E-state index in [9.17, 15) is 9.90 Å². The molecule has 2 unspecified atom stereocenters. The molecule has 1 aliphatic heterocycles. The molecule has 21 heavy (non-hydrogen) atoms. The fourth-order valence-corrected chi connectivity index (χ4v) is 2.80. The zero-order valence-electron chi connectivity index (χ0n) is 12.7. The first-order chi connectivity index (χ1) is 10.2. The number of likely N-dealkylation sites (tertiary alicyclic amines) is 1. The average Bonchev–Trinajstić information content (AvgIpc) is 2.53. The number of carbonyl (C=O) groups excluding carboxylic acids is 1. The van der Waals surface area contributed by atoms with Crippen molar-refractivity contribution >= 4 is 5.97 Å². The van der Waals surface area contributed by atoms with Crippen molar-refractivity contribution < 1.29 is 14.6 Å². The normalized spacial score (nSPS) is 21.0. The van der Waals surface area contributed by atoms with Crippen molar-refractivity contribution in [2.24, 2.45) is 11.8 Å². The molecule has 116 valence electrons. The summed E-state index contributed by atoms with van der Waals surface area (Å²) in [5, 5.41) is 9.24. The minimum Gasteiger partial charge on any atom is -0.461 e. The van der Waals surface area contributed by atoms with E-state index in [1.54, 1.807) is 0 Å². The molecule has 2 atom stereocenters. The quantitative estimate of drug-likeness (QED) is 0.815. The van der Waals surface area contributed by atoms with Gasteiger partial charge in [-0.3, -0.25) is 4.79 Å². The van der Waals surface area contributed by atoms with Crippen LogP contribution >= 0.6 is 0 Å². The number of rotatable bonds is 6. The molecule has 1 saturated heterocycles. The molecule has 1 heterocycles. The maximum atomic E-state index is 12.0. The maximum absolute atomic E-state index is 12.0. The van der Waals surface area contributed by atoms with Crippen molar-refractivity contribution in [3.8, 4) is 0 Å². The first-order valence-electron chi connectivity index (χ1n) is 7.73. The van der Waals surface area contributed by atoms with E-state index in [1.807, 2.05) is 37.3 Å². The van der Waals surface area contributed by atoms with Gasteiger partial charge in [-0.2, -0.15) is 0 Å². The van der Waals surface area contributed by atoms with Gasteiger partial charge in [-0.1, -0.05) is 37.3 Å². The summed E-state index contributed by atoms with van der Waals surface area (Å²) in [6, 6.07) is 9.73. The van der Waals surface area contributed by atoms with Crippen molar-refractivity contribution in [3.63, 3.8) is 0 Å². The van der Waals surface area contributed by atoms with E-state index in [0.717, 1.165) is 31.5 Å². The monoisotopic (exact) mass is 291 g/mol. The van der Waals surface area contributed by atoms with Crippen molar-refractivity contribution in [3.05, 3.63) is 35.9 Å². The third-order valence-electron chi connectivity index (χ3n) is 4.02. The van der Waals surface area contributed by atoms with Crippen LogP contribution in [-0.4, -0.2) is 42.2 Å². The molecule has 4 nitrogen and oxygen atoms in total. The SMILES string of the molecule is CC(CN1CCCC(CO)C1)C(=O)OCc1ccccc1. The smallest absolute Gasteiger partial charge is 0.310 e. The van der Waals surface area contributed by atoms with Gasteiger partial charge < -0.3 is 14.7 Å². The summed E-state index contributed by atoms with van der Waals surface area (Å²) >= 11 is 0. The molecule has 0 aliphatic carbocycles. The van der Waals surface area contributed by atoms with Crippen LogP contribution in [-0.2, 0) is 16.1 Å². The Morgan fingerprint density at radius 2 is 2.19 bits per heavy atom. The van der Waals surface area contributed by atoms with Gasteiger partial charge in [-0.25, -0.2) is 0 Å². The molecule has 1 N–H and O–H groups in total. The van der Waals surface area contributed by atoms with Gasteiger partial charge in [0.2, 0.25) is 0 Å². The second kappa shape index (κ2) is 8.15. The zero-order chi connectivity index (χ0) is 15.1. The lowest BCUT2D eigenvalue weighted by molar-refractivity contribution is -0.150. The van der Waals surface area contributed by atoms with E-state index in [0.29, 0.717) is 19.1 Å². The third-order valence-corrected chi connectivity index (χ3v) is 4.02. The fraction of sp³-hybridized carbons (Fsp3) is 0.588. The summed E-state index contributed by atoms with van der Waals surface area (Å²) in [5.41, 5.74) is 1.01. The molecule has 1 aromatic carbocycles. The molecular weight excluding hydrogens is 266 g/mol. The number of ether oxygens (including phenoxy) is 1. The second-order valence-corrected chi connectivity index (χ2v) is 5.94. The number of hydrogen-bond donors (Lipinski definition) is 1. The number of esters is 1. The Bertz CT molecular complexity index is 435. The van der Waals surface area contributed by atoms with Crippen LogP contribution in [0.1, 0.15) is 25.3 Å². The molecule has 0 radical (unpaired) electrons. The predicted octanol–water partition coefficient (Wildman–Crippen LogP) is 2.07. The summed E-state index contributed by atoms with van der Waals surface area (Å²) in [4.78, 5) is 14.3. The zero-order valence-corrected chi connectivity index (χ0v) is 12.7. The van der Waals surface area contributed by atoms with Crippen LogP contribution in [0.25, 0.3) is 0 Å². The van der Waals surface area contributed by atoms with E-state index in [4.69, 9.17) is 4.74 Å².